The first-order valence-electron chi connectivity index (χ1n) is 46.6. The molecule has 0 unspecified atom stereocenters. The third-order valence-electron chi connectivity index (χ3n) is 19.7. The van der Waals surface area contributed by atoms with Crippen molar-refractivity contribution in [2.75, 3.05) is 54.9 Å². The first-order chi connectivity index (χ1) is 71.7. The standard InChI is InChI=1S/C44H52O12P.C40H44O8P.C32H28O8P/c1-9-49-41(33-13-21-37(45-5)22-14-33)29-53-57(54-30-42(50-10-2)34-15-23-38(46-6)24-16-34,55-31-43(51-11-3)35-17-25-39(47-7)26-18-35)56-32-44(52-12-4)36-19-27-40(48-8)28-20-36;1-29(41-37-21-13-9-14-22-37)33(5)45-49(46-34(6)30(2)42-38-23-15-10-16-24-38,47-35(7)31(3)43-39-25-17-11-18-26-39)48-36(8)32(4)44-40-27-19-12-20-28-40;1-5-13-29(14-6-1)33-21-25-37-41(38-26-22-34-30-15-7-2-8-16-30,39-27-23-35-31-17-9-3-10-18-31)40-28-24-36-32-19-11-4-12-20-32/h13-32H,9-12H2,1-8H3;9-28H,1-8H3;1-28H/q3*+1/b;33-29+,34-30+,35-31+,36-32+;25-21-,26-22-,27-23-,28-24-. The summed E-state index contributed by atoms with van der Waals surface area (Å²) in [5.41, 5.74) is 2.80. The molecule has 12 aromatic carbocycles. The van der Waals surface area contributed by atoms with Gasteiger partial charge < -0.3 is 75.8 Å². The number of ether oxygens (including phenoxy) is 16. The van der Waals surface area contributed by atoms with Crippen LogP contribution in [0.2, 0.25) is 0 Å². The number of para-hydroxylation sites is 8. The lowest BCUT2D eigenvalue weighted by molar-refractivity contribution is 0.123. The smallest absolute Gasteiger partial charge is 0.497 e. The molecule has 0 spiro atoms. The van der Waals surface area contributed by atoms with Crippen LogP contribution in [0.5, 0.6) is 69.0 Å². The summed E-state index contributed by atoms with van der Waals surface area (Å²) in [6, 6.07) is 104. The molecule has 0 aliphatic heterocycles. The number of allylic oxidation sites excluding steroid dienone is 8. The van der Waals surface area contributed by atoms with E-state index in [1.54, 1.807) is 132 Å². The van der Waals surface area contributed by atoms with Crippen molar-refractivity contribution in [1.29, 1.82) is 0 Å². The fourth-order valence-corrected chi connectivity index (χ4v) is 16.3. The Morgan fingerprint density at radius 2 is 0.354 bits per heavy atom. The summed E-state index contributed by atoms with van der Waals surface area (Å²) in [4.78, 5) is 0. The second kappa shape index (κ2) is 61.9. The van der Waals surface area contributed by atoms with Crippen molar-refractivity contribution in [2.45, 2.75) is 83.1 Å². The molecule has 0 bridgehead atoms. The summed E-state index contributed by atoms with van der Waals surface area (Å²) < 4.78 is 168. The number of rotatable bonds is 56. The number of hydrogen-bond acceptors (Lipinski definition) is 28. The van der Waals surface area contributed by atoms with Gasteiger partial charge in [-0.25, -0.2) is 54.3 Å². The van der Waals surface area contributed by atoms with Gasteiger partial charge in [0.2, 0.25) is 0 Å². The van der Waals surface area contributed by atoms with Crippen LogP contribution in [0.4, 0.5) is 0 Å². The third kappa shape index (κ3) is 39.1. The van der Waals surface area contributed by atoms with E-state index in [4.69, 9.17) is 130 Å². The minimum Gasteiger partial charge on any atom is -0.497 e. The molecule has 0 amide bonds. The van der Waals surface area contributed by atoms with E-state index < -0.39 is 24.5 Å². The minimum atomic E-state index is -4.07. The molecule has 31 heteroatoms. The zero-order chi connectivity index (χ0) is 104. The van der Waals surface area contributed by atoms with E-state index in [0.29, 0.717) is 187 Å². The second-order valence-electron chi connectivity index (χ2n) is 30.0. The lowest BCUT2D eigenvalue weighted by atomic mass is 10.2. The fourth-order valence-electron chi connectivity index (χ4n) is 11.9. The monoisotopic (exact) mass is 2060 g/mol. The van der Waals surface area contributed by atoms with E-state index in [-0.39, 0.29) is 0 Å². The predicted octanol–water partition coefficient (Wildman–Crippen LogP) is 31.9. The molecule has 0 aliphatic rings. The maximum absolute atomic E-state index is 6.62. The van der Waals surface area contributed by atoms with Gasteiger partial charge in [0.1, 0.15) is 117 Å². The van der Waals surface area contributed by atoms with Crippen molar-refractivity contribution in [1.82, 2.24) is 0 Å². The van der Waals surface area contributed by atoms with Gasteiger partial charge in [-0.1, -0.05) is 146 Å². The number of benzene rings is 12. The van der Waals surface area contributed by atoms with E-state index in [1.165, 1.54) is 75.1 Å². The molecule has 0 saturated heterocycles. The average molecular weight is 2060 g/mol. The van der Waals surface area contributed by atoms with Gasteiger partial charge in [-0.2, -0.15) is 0 Å². The van der Waals surface area contributed by atoms with Gasteiger partial charge >= 0.3 is 24.5 Å². The van der Waals surface area contributed by atoms with Crippen molar-refractivity contribution in [3.8, 4) is 69.0 Å². The van der Waals surface area contributed by atoms with Crippen LogP contribution in [0.25, 0.3) is 23.0 Å². The summed E-state index contributed by atoms with van der Waals surface area (Å²) in [6.45, 7) is 23.0. The first-order valence-corrected chi connectivity index (χ1v) is 51.0. The number of methoxy groups -OCH3 is 4. The van der Waals surface area contributed by atoms with E-state index in [0.717, 1.165) is 0 Å². The number of hydrogen-bond donors (Lipinski definition) is 0. The Balaban J connectivity index is 0.000000229. The zero-order valence-corrected chi connectivity index (χ0v) is 87.5. The molecule has 0 radical (unpaired) electrons. The summed E-state index contributed by atoms with van der Waals surface area (Å²) in [5, 5.41) is 0. The molecule has 12 aromatic rings. The molecule has 0 saturated carbocycles. The molecular formula is C116H124O28P3+3. The second-order valence-corrected chi connectivity index (χ2v) is 35.1. The summed E-state index contributed by atoms with van der Waals surface area (Å²) in [5.74, 6) is 12.6. The molecule has 0 aliphatic carbocycles. The van der Waals surface area contributed by atoms with Crippen molar-refractivity contribution in [2.24, 2.45) is 0 Å². The molecular weight excluding hydrogens is 1930 g/mol. The average Bonchev–Trinajstić information content (AvgIpc) is 0.796. The Kier molecular flexibility index (Phi) is 47.2. The lowest BCUT2D eigenvalue weighted by Crippen LogP contribution is -2.13. The summed E-state index contributed by atoms with van der Waals surface area (Å²) in [6.07, 6.45) is 15.9. The third-order valence-corrected chi connectivity index (χ3v) is 24.6. The topological polar surface area (TPSA) is 258 Å². The highest BCUT2D eigenvalue weighted by Crippen LogP contribution is 2.70. The van der Waals surface area contributed by atoms with Crippen molar-refractivity contribution >= 4 is 47.5 Å². The van der Waals surface area contributed by atoms with Gasteiger partial charge in [0.15, 0.2) is 96.2 Å². The highest BCUT2D eigenvalue weighted by molar-refractivity contribution is 7.57. The van der Waals surface area contributed by atoms with Gasteiger partial charge in [-0.05, 0) is 250 Å². The Labute approximate surface area is 862 Å². The van der Waals surface area contributed by atoms with Crippen LogP contribution in [0.15, 0.2) is 461 Å². The molecule has 0 atom stereocenters. The van der Waals surface area contributed by atoms with Crippen LogP contribution in [0.1, 0.15) is 105 Å². The SMILES string of the molecule is C(=C/O[P+](O/C=C\Oc1ccccc1)(O/C=C\Oc1ccccc1)O/C=C\Oc1ccccc1)/Oc1ccccc1.C/C(Oc1ccccc1)=C(/C)O[P+](O/C(C)=C(\C)Oc1ccccc1)(O/C(C)=C(\C)Oc1ccccc1)O/C(C)=C(\C)Oc1ccccc1.CCOC(=CO[P+](OC=C(OCC)c1ccc(OC)cc1)(OC=C(OCC)c1ccc(OC)cc1)OC=C(OCC)c1ccc(OC)cc1)c1ccc(OC)cc1. The Hall–Kier alpha value is -16.8. The maximum atomic E-state index is 6.62. The van der Waals surface area contributed by atoms with Gasteiger partial charge in [0.05, 0.1) is 54.9 Å². The fraction of sp³-hybridized carbons (Fsp3) is 0.172. The van der Waals surface area contributed by atoms with Gasteiger partial charge in [0, 0.05) is 49.9 Å². The quantitative estimate of drug-likeness (QED) is 0.0253. The molecule has 147 heavy (non-hydrogen) atoms. The van der Waals surface area contributed by atoms with Crippen molar-refractivity contribution < 1.29 is 130 Å². The Morgan fingerprint density at radius 3 is 0.524 bits per heavy atom. The first kappa shape index (κ1) is 112. The zero-order valence-electron chi connectivity index (χ0n) is 84.9. The van der Waals surface area contributed by atoms with E-state index in [2.05, 4.69) is 0 Å². The van der Waals surface area contributed by atoms with Crippen molar-refractivity contribution in [3.05, 3.63) is 483 Å². The van der Waals surface area contributed by atoms with Crippen LogP contribution in [0.3, 0.4) is 0 Å². The molecule has 768 valence electrons. The van der Waals surface area contributed by atoms with Crippen LogP contribution in [0, 0.1) is 0 Å². The van der Waals surface area contributed by atoms with E-state index in [1.807, 2.05) is 319 Å². The van der Waals surface area contributed by atoms with Gasteiger partial charge in [-0.15, -0.1) is 0 Å². The summed E-state index contributed by atoms with van der Waals surface area (Å²) in [7, 11) is -5.22. The van der Waals surface area contributed by atoms with Crippen LogP contribution in [-0.2, 0) is 73.2 Å². The molecule has 0 N–H and O–H groups in total. The Bertz CT molecular complexity index is 5490. The van der Waals surface area contributed by atoms with Crippen LogP contribution < -0.4 is 56.8 Å². The van der Waals surface area contributed by atoms with Gasteiger partial charge in [0.25, 0.3) is 0 Å². The molecule has 12 rings (SSSR count). The maximum Gasteiger partial charge on any atom is 0.765 e. The van der Waals surface area contributed by atoms with Crippen LogP contribution in [-0.4, -0.2) is 54.9 Å². The van der Waals surface area contributed by atoms with Crippen LogP contribution >= 0.6 is 24.5 Å². The highest BCUT2D eigenvalue weighted by atomic mass is 31.2. The molecule has 0 fully saturated rings. The van der Waals surface area contributed by atoms with E-state index in [9.17, 15) is 0 Å². The molecule has 0 aromatic heterocycles. The predicted molar refractivity (Wildman–Crippen MR) is 571 cm³/mol. The van der Waals surface area contributed by atoms with Gasteiger partial charge in [-0.3, -0.25) is 0 Å². The largest absolute Gasteiger partial charge is 0.765 e. The van der Waals surface area contributed by atoms with Crippen molar-refractivity contribution in [3.63, 3.8) is 0 Å². The highest BCUT2D eigenvalue weighted by Gasteiger charge is 2.59. The van der Waals surface area contributed by atoms with E-state index >= 15 is 0 Å². The summed E-state index contributed by atoms with van der Waals surface area (Å²) >= 11 is 0. The minimum absolute atomic E-state index is 0.332. The molecule has 0 heterocycles. The Morgan fingerprint density at radius 1 is 0.184 bits per heavy atom. The lowest BCUT2D eigenvalue weighted by Gasteiger charge is -2.23. The molecule has 28 nitrogen and oxygen atoms in total. The normalized spacial score (nSPS) is 12.7.